The Morgan fingerprint density at radius 1 is 1.18 bits per heavy atom. The van der Waals surface area contributed by atoms with Crippen LogP contribution in [0.4, 0.5) is 5.69 Å². The van der Waals surface area contributed by atoms with Gasteiger partial charge in [-0.1, -0.05) is 24.8 Å². The number of nitrogens with zero attached hydrogens (tertiary/aromatic N) is 5. The highest BCUT2D eigenvalue weighted by Crippen LogP contribution is 2.24. The number of amides is 1. The van der Waals surface area contributed by atoms with E-state index in [0.717, 1.165) is 24.2 Å². The van der Waals surface area contributed by atoms with Crippen LogP contribution in [0.25, 0.3) is 11.4 Å². The van der Waals surface area contributed by atoms with Gasteiger partial charge < -0.3 is 9.88 Å². The Labute approximate surface area is 202 Å². The Morgan fingerprint density at radius 2 is 2.00 bits per heavy atom. The van der Waals surface area contributed by atoms with Gasteiger partial charge in [0.2, 0.25) is 5.91 Å². The number of sulfonamides is 1. The molecular weight excluding hydrogens is 474 g/mol. The van der Waals surface area contributed by atoms with E-state index in [0.29, 0.717) is 36.2 Å². The number of benzene rings is 1. The number of pyridine rings is 1. The molecule has 1 amide bonds. The number of carbonyl (C=O) groups is 1. The summed E-state index contributed by atoms with van der Waals surface area (Å²) in [6.45, 7) is 3.40. The number of nitrogens with one attached hydrogen (secondary N) is 2. The van der Waals surface area contributed by atoms with Crippen LogP contribution in [-0.2, 0) is 21.4 Å². The van der Waals surface area contributed by atoms with Crippen LogP contribution in [0.2, 0.25) is 0 Å². The fraction of sp³-hybridized carbons (Fsp3) is 0.318. The summed E-state index contributed by atoms with van der Waals surface area (Å²) in [7, 11) is -3.76. The molecule has 0 atom stereocenters. The molecule has 2 N–H and O–H groups in total. The summed E-state index contributed by atoms with van der Waals surface area (Å²) in [6.07, 6.45) is 5.73. The van der Waals surface area contributed by atoms with E-state index < -0.39 is 10.0 Å². The van der Waals surface area contributed by atoms with Gasteiger partial charge in [-0.2, -0.15) is 0 Å². The summed E-state index contributed by atoms with van der Waals surface area (Å²) in [5.74, 6) is 1.02. The molecule has 0 spiro atoms. The maximum absolute atomic E-state index is 12.6. The third-order valence-corrected chi connectivity index (χ3v) is 7.34. The number of aliphatic imine (C=N–C) groups is 1. The lowest BCUT2D eigenvalue weighted by atomic mass is 10.2. The fourth-order valence-corrected chi connectivity index (χ4v) is 5.34. The molecule has 178 valence electrons. The van der Waals surface area contributed by atoms with Crippen LogP contribution in [-0.4, -0.2) is 52.2 Å². The average Bonchev–Trinajstić information content (AvgIpc) is 3.48. The lowest BCUT2D eigenvalue weighted by Gasteiger charge is -2.11. The monoisotopic (exact) mass is 499 g/mol. The molecule has 1 aromatic carbocycles. The SMILES string of the molecule is CCCn1c(SCC(=O)Nc2cccc(S(=O)(=O)NC3=NCCC3)c2)nnc1-c1ccncc1. The summed E-state index contributed by atoms with van der Waals surface area (Å²) in [6, 6.07) is 9.89. The molecule has 2 aromatic heterocycles. The second-order valence-electron chi connectivity index (χ2n) is 7.60. The highest BCUT2D eigenvalue weighted by molar-refractivity contribution is 7.99. The van der Waals surface area contributed by atoms with Gasteiger partial charge in [0, 0.05) is 43.2 Å². The standard InChI is InChI=1S/C22H25N7O3S2/c1-2-13-29-21(16-8-11-23-12-9-16)26-27-22(29)33-15-20(30)25-17-5-3-6-18(14-17)34(31,32)28-19-7-4-10-24-19/h3,5-6,8-9,11-12,14H,2,4,7,10,13,15H2,1H3,(H,24,28)(H,25,30). The quantitative estimate of drug-likeness (QED) is 0.433. The van der Waals surface area contributed by atoms with Crippen molar-refractivity contribution in [2.24, 2.45) is 4.99 Å². The van der Waals surface area contributed by atoms with Crippen LogP contribution >= 0.6 is 11.8 Å². The van der Waals surface area contributed by atoms with Crippen LogP contribution in [0.1, 0.15) is 26.2 Å². The zero-order chi connectivity index (χ0) is 24.0. The van der Waals surface area contributed by atoms with Crippen molar-refractivity contribution in [1.82, 2.24) is 24.5 Å². The molecule has 10 nitrogen and oxygen atoms in total. The van der Waals surface area contributed by atoms with E-state index in [4.69, 9.17) is 0 Å². The summed E-state index contributed by atoms with van der Waals surface area (Å²) < 4.78 is 29.7. The molecule has 0 aliphatic carbocycles. The number of thioether (sulfide) groups is 1. The largest absolute Gasteiger partial charge is 0.325 e. The third-order valence-electron chi connectivity index (χ3n) is 4.99. The smallest absolute Gasteiger partial charge is 0.262 e. The molecule has 12 heteroatoms. The molecule has 0 radical (unpaired) electrons. The van der Waals surface area contributed by atoms with Crippen LogP contribution in [0.3, 0.4) is 0 Å². The summed E-state index contributed by atoms with van der Waals surface area (Å²) in [5.41, 5.74) is 1.30. The molecule has 0 saturated carbocycles. The Balaban J connectivity index is 1.41. The summed E-state index contributed by atoms with van der Waals surface area (Å²) in [5, 5.41) is 12.0. The van der Waals surface area contributed by atoms with Gasteiger partial charge in [0.15, 0.2) is 11.0 Å². The lowest BCUT2D eigenvalue weighted by molar-refractivity contribution is -0.113. The van der Waals surface area contributed by atoms with Gasteiger partial charge in [0.25, 0.3) is 10.0 Å². The minimum absolute atomic E-state index is 0.0669. The molecule has 0 saturated heterocycles. The number of anilines is 1. The van der Waals surface area contributed by atoms with E-state index in [2.05, 4.69) is 37.1 Å². The highest BCUT2D eigenvalue weighted by atomic mass is 32.2. The van der Waals surface area contributed by atoms with Gasteiger partial charge in [0.05, 0.1) is 10.6 Å². The van der Waals surface area contributed by atoms with E-state index in [9.17, 15) is 13.2 Å². The predicted octanol–water partition coefficient (Wildman–Crippen LogP) is 2.95. The molecule has 1 aliphatic heterocycles. The zero-order valence-electron chi connectivity index (χ0n) is 18.6. The topological polar surface area (TPSA) is 131 Å². The molecule has 0 fully saturated rings. The van der Waals surface area contributed by atoms with Crippen molar-refractivity contribution in [1.29, 1.82) is 0 Å². The van der Waals surface area contributed by atoms with Crippen LogP contribution in [0.15, 0.2) is 63.8 Å². The number of amidine groups is 1. The molecule has 0 unspecified atom stereocenters. The van der Waals surface area contributed by atoms with Crippen molar-refractivity contribution in [3.05, 3.63) is 48.8 Å². The number of rotatable bonds is 9. The van der Waals surface area contributed by atoms with E-state index in [1.807, 2.05) is 16.7 Å². The average molecular weight is 500 g/mol. The summed E-state index contributed by atoms with van der Waals surface area (Å²) >= 11 is 1.28. The minimum atomic E-state index is -3.76. The first-order chi connectivity index (χ1) is 16.5. The maximum Gasteiger partial charge on any atom is 0.262 e. The second-order valence-corrected chi connectivity index (χ2v) is 10.2. The number of hydrogen-bond acceptors (Lipinski definition) is 8. The van der Waals surface area contributed by atoms with Gasteiger partial charge in [0.1, 0.15) is 5.84 Å². The lowest BCUT2D eigenvalue weighted by Crippen LogP contribution is -2.29. The minimum Gasteiger partial charge on any atom is -0.325 e. The molecule has 3 aromatic rings. The van der Waals surface area contributed by atoms with Gasteiger partial charge in [-0.05, 0) is 43.2 Å². The van der Waals surface area contributed by atoms with E-state index in [1.54, 1.807) is 24.5 Å². The van der Waals surface area contributed by atoms with Crippen LogP contribution < -0.4 is 10.0 Å². The van der Waals surface area contributed by atoms with Crippen LogP contribution in [0, 0.1) is 0 Å². The first kappa shape index (κ1) is 23.9. The maximum atomic E-state index is 12.6. The van der Waals surface area contributed by atoms with Crippen molar-refractivity contribution in [3.63, 3.8) is 0 Å². The van der Waals surface area contributed by atoms with Gasteiger partial charge >= 0.3 is 0 Å². The van der Waals surface area contributed by atoms with Gasteiger partial charge in [-0.15, -0.1) is 10.2 Å². The van der Waals surface area contributed by atoms with Crippen molar-refractivity contribution >= 4 is 39.2 Å². The molecule has 0 bridgehead atoms. The molecule has 34 heavy (non-hydrogen) atoms. The Kier molecular flexibility index (Phi) is 7.58. The van der Waals surface area contributed by atoms with E-state index in [-0.39, 0.29) is 16.6 Å². The van der Waals surface area contributed by atoms with Crippen molar-refractivity contribution in [2.75, 3.05) is 17.6 Å². The molecule has 3 heterocycles. The summed E-state index contributed by atoms with van der Waals surface area (Å²) in [4.78, 5) is 20.8. The first-order valence-corrected chi connectivity index (χ1v) is 13.4. The zero-order valence-corrected chi connectivity index (χ0v) is 20.3. The van der Waals surface area contributed by atoms with E-state index in [1.165, 1.54) is 23.9 Å². The number of carbonyl (C=O) groups excluding carboxylic acids is 1. The van der Waals surface area contributed by atoms with Crippen molar-refractivity contribution < 1.29 is 13.2 Å². The number of aromatic nitrogens is 4. The Morgan fingerprint density at radius 3 is 2.74 bits per heavy atom. The van der Waals surface area contributed by atoms with Crippen molar-refractivity contribution in [2.45, 2.75) is 42.8 Å². The van der Waals surface area contributed by atoms with Gasteiger partial charge in [-0.25, -0.2) is 8.42 Å². The molecular formula is C22H25N7O3S2. The highest BCUT2D eigenvalue weighted by Gasteiger charge is 2.19. The normalized spacial score (nSPS) is 13.5. The fourth-order valence-electron chi connectivity index (χ4n) is 3.44. The number of hydrogen-bond donors (Lipinski definition) is 2. The molecule has 4 rings (SSSR count). The van der Waals surface area contributed by atoms with Crippen molar-refractivity contribution in [3.8, 4) is 11.4 Å². The van der Waals surface area contributed by atoms with Gasteiger partial charge in [-0.3, -0.25) is 19.5 Å². The van der Waals surface area contributed by atoms with Crippen LogP contribution in [0.5, 0.6) is 0 Å². The van der Waals surface area contributed by atoms with E-state index >= 15 is 0 Å². The third kappa shape index (κ3) is 5.81. The Bertz CT molecular complexity index is 1290. The Hall–Kier alpha value is -3.25. The molecule has 1 aliphatic rings. The predicted molar refractivity (Wildman–Crippen MR) is 131 cm³/mol. The second kappa shape index (κ2) is 10.8. The first-order valence-electron chi connectivity index (χ1n) is 10.9.